The van der Waals surface area contributed by atoms with Crippen molar-refractivity contribution in [2.24, 2.45) is 0 Å². The van der Waals surface area contributed by atoms with Crippen LogP contribution in [0.1, 0.15) is 38.6 Å². The molecule has 0 saturated carbocycles. The Morgan fingerprint density at radius 2 is 2.10 bits per heavy atom. The lowest BCUT2D eigenvalue weighted by molar-refractivity contribution is -0.150. The van der Waals surface area contributed by atoms with Gasteiger partial charge in [-0.25, -0.2) is 9.59 Å². The van der Waals surface area contributed by atoms with Crippen LogP contribution in [0.5, 0.6) is 0 Å². The molecule has 6 heteroatoms. The van der Waals surface area contributed by atoms with E-state index in [1.165, 1.54) is 11.3 Å². The minimum Gasteiger partial charge on any atom is -0.456 e. The topological polar surface area (TPSA) is 67.4 Å². The molecule has 1 atom stereocenters. The van der Waals surface area contributed by atoms with Crippen molar-refractivity contribution in [3.05, 3.63) is 33.7 Å². The summed E-state index contributed by atoms with van der Waals surface area (Å²) in [6.45, 7) is 7.15. The predicted molar refractivity (Wildman–Crippen MR) is 77.3 cm³/mol. The maximum atomic E-state index is 12.4. The van der Waals surface area contributed by atoms with Crippen molar-refractivity contribution in [2.75, 3.05) is 0 Å². The van der Waals surface area contributed by atoms with Crippen LogP contribution in [-0.2, 0) is 9.53 Å². The second kappa shape index (κ2) is 5.28. The van der Waals surface area contributed by atoms with Crippen LogP contribution in [0.4, 0.5) is 4.79 Å². The average molecular weight is 294 g/mol. The number of hydrogen-bond acceptors (Lipinski definition) is 4. The first kappa shape index (κ1) is 14.6. The van der Waals surface area contributed by atoms with Gasteiger partial charge in [0.1, 0.15) is 5.60 Å². The molecular formula is C14H18N2O3S. The third kappa shape index (κ3) is 3.19. The van der Waals surface area contributed by atoms with Gasteiger partial charge in [-0.05, 0) is 39.1 Å². The lowest BCUT2D eigenvalue weighted by Gasteiger charge is -2.29. The van der Waals surface area contributed by atoms with Crippen LogP contribution in [0.25, 0.3) is 0 Å². The standard InChI is InChI=1S/C14H18N2O3S/c1-8-10(12(17)19-14(2,3)4)11(16-13(18)15-8)9-6-5-7-20-9/h5-7,11H,1-4H3,(H2,15,16,18)/t11-/m1/s1. The van der Waals surface area contributed by atoms with Crippen LogP contribution < -0.4 is 10.6 Å². The maximum absolute atomic E-state index is 12.4. The quantitative estimate of drug-likeness (QED) is 0.824. The second-order valence-corrected chi connectivity index (χ2v) is 6.57. The highest BCUT2D eigenvalue weighted by atomic mass is 32.1. The molecule has 0 unspecified atom stereocenters. The number of urea groups is 1. The molecule has 2 amide bonds. The van der Waals surface area contributed by atoms with Gasteiger partial charge < -0.3 is 15.4 Å². The summed E-state index contributed by atoms with van der Waals surface area (Å²) < 4.78 is 5.43. The first-order valence-electron chi connectivity index (χ1n) is 6.33. The number of nitrogens with one attached hydrogen (secondary N) is 2. The molecule has 0 saturated heterocycles. The molecule has 0 spiro atoms. The van der Waals surface area contributed by atoms with Gasteiger partial charge in [0.15, 0.2) is 0 Å². The van der Waals surface area contributed by atoms with Gasteiger partial charge >= 0.3 is 12.0 Å². The highest BCUT2D eigenvalue weighted by molar-refractivity contribution is 7.10. The number of carbonyl (C=O) groups excluding carboxylic acids is 2. The van der Waals surface area contributed by atoms with Gasteiger partial charge in [0.05, 0.1) is 11.6 Å². The monoisotopic (exact) mass is 294 g/mol. The number of hydrogen-bond donors (Lipinski definition) is 2. The molecule has 0 bridgehead atoms. The fourth-order valence-corrected chi connectivity index (χ4v) is 2.75. The lowest BCUT2D eigenvalue weighted by atomic mass is 10.0. The third-order valence-corrected chi connectivity index (χ3v) is 3.65. The van der Waals surface area contributed by atoms with E-state index >= 15 is 0 Å². The number of allylic oxidation sites excluding steroid dienone is 1. The van der Waals surface area contributed by atoms with Gasteiger partial charge in [0.2, 0.25) is 0 Å². The Balaban J connectivity index is 2.37. The Morgan fingerprint density at radius 1 is 1.40 bits per heavy atom. The summed E-state index contributed by atoms with van der Waals surface area (Å²) in [5.41, 5.74) is 0.398. The first-order valence-corrected chi connectivity index (χ1v) is 7.21. The summed E-state index contributed by atoms with van der Waals surface area (Å²) in [6.07, 6.45) is 0. The van der Waals surface area contributed by atoms with Crippen LogP contribution in [0.2, 0.25) is 0 Å². The number of carbonyl (C=O) groups is 2. The van der Waals surface area contributed by atoms with Crippen molar-refractivity contribution in [3.63, 3.8) is 0 Å². The number of amides is 2. The SMILES string of the molecule is CC1=C(C(=O)OC(C)(C)C)[C@@H](c2cccs2)NC(=O)N1. The van der Waals surface area contributed by atoms with Gasteiger partial charge in [-0.2, -0.15) is 0 Å². The van der Waals surface area contributed by atoms with E-state index < -0.39 is 17.6 Å². The Labute approximate surface area is 122 Å². The van der Waals surface area contributed by atoms with Gasteiger partial charge in [0, 0.05) is 10.6 Å². The number of thiophene rings is 1. The van der Waals surface area contributed by atoms with E-state index in [1.807, 2.05) is 38.3 Å². The minimum absolute atomic E-state index is 0.312. The summed E-state index contributed by atoms with van der Waals surface area (Å²) in [7, 11) is 0. The van der Waals surface area contributed by atoms with Crippen molar-refractivity contribution in [2.45, 2.75) is 39.3 Å². The van der Waals surface area contributed by atoms with E-state index in [2.05, 4.69) is 10.6 Å². The van der Waals surface area contributed by atoms with Gasteiger partial charge in [0.25, 0.3) is 0 Å². The maximum Gasteiger partial charge on any atom is 0.338 e. The molecule has 0 radical (unpaired) electrons. The Bertz CT molecular complexity index is 555. The molecule has 1 aromatic heterocycles. The van der Waals surface area contributed by atoms with E-state index in [0.717, 1.165) is 4.88 Å². The van der Waals surface area contributed by atoms with Crippen molar-refractivity contribution < 1.29 is 14.3 Å². The van der Waals surface area contributed by atoms with Crippen molar-refractivity contribution in [1.29, 1.82) is 0 Å². The molecule has 1 aromatic rings. The number of ether oxygens (including phenoxy) is 1. The van der Waals surface area contributed by atoms with Crippen molar-refractivity contribution >= 4 is 23.3 Å². The average Bonchev–Trinajstić information content (AvgIpc) is 2.77. The highest BCUT2D eigenvalue weighted by Crippen LogP contribution is 2.31. The molecule has 0 aliphatic carbocycles. The Kier molecular flexibility index (Phi) is 3.85. The zero-order valence-corrected chi connectivity index (χ0v) is 12.8. The van der Waals surface area contributed by atoms with Gasteiger partial charge in [-0.15, -0.1) is 11.3 Å². The van der Waals surface area contributed by atoms with Crippen molar-refractivity contribution in [1.82, 2.24) is 10.6 Å². The summed E-state index contributed by atoms with van der Waals surface area (Å²) >= 11 is 1.49. The molecule has 2 N–H and O–H groups in total. The Morgan fingerprint density at radius 3 is 2.65 bits per heavy atom. The molecule has 0 fully saturated rings. The fourth-order valence-electron chi connectivity index (χ4n) is 1.97. The van der Waals surface area contributed by atoms with E-state index in [-0.39, 0.29) is 6.03 Å². The van der Waals surface area contributed by atoms with Crippen LogP contribution in [0.15, 0.2) is 28.8 Å². The minimum atomic E-state index is -0.578. The molecule has 108 valence electrons. The molecule has 2 heterocycles. The number of esters is 1. The molecule has 0 aromatic carbocycles. The van der Waals surface area contributed by atoms with Crippen LogP contribution in [0, 0.1) is 0 Å². The zero-order chi connectivity index (χ0) is 14.9. The van der Waals surface area contributed by atoms with Crippen LogP contribution in [0.3, 0.4) is 0 Å². The summed E-state index contributed by atoms with van der Waals surface area (Å²) in [4.78, 5) is 24.9. The number of rotatable bonds is 2. The first-order chi connectivity index (χ1) is 9.28. The van der Waals surface area contributed by atoms with E-state index in [1.54, 1.807) is 6.92 Å². The molecule has 5 nitrogen and oxygen atoms in total. The fraction of sp³-hybridized carbons (Fsp3) is 0.429. The van der Waals surface area contributed by atoms with Gasteiger partial charge in [-0.3, -0.25) is 0 Å². The zero-order valence-electron chi connectivity index (χ0n) is 11.9. The van der Waals surface area contributed by atoms with Crippen LogP contribution >= 0.6 is 11.3 Å². The largest absolute Gasteiger partial charge is 0.456 e. The van der Waals surface area contributed by atoms with Crippen LogP contribution in [-0.4, -0.2) is 17.6 Å². The third-order valence-electron chi connectivity index (χ3n) is 2.72. The Hall–Kier alpha value is -1.82. The molecule has 20 heavy (non-hydrogen) atoms. The lowest BCUT2D eigenvalue weighted by Crippen LogP contribution is -2.45. The predicted octanol–water partition coefficient (Wildman–Crippen LogP) is 2.72. The highest BCUT2D eigenvalue weighted by Gasteiger charge is 2.34. The molecule has 2 rings (SSSR count). The van der Waals surface area contributed by atoms with Gasteiger partial charge in [-0.1, -0.05) is 6.07 Å². The van der Waals surface area contributed by atoms with E-state index in [0.29, 0.717) is 11.3 Å². The smallest absolute Gasteiger partial charge is 0.338 e. The second-order valence-electron chi connectivity index (χ2n) is 5.59. The summed E-state index contributed by atoms with van der Waals surface area (Å²) in [5, 5.41) is 7.30. The molecular weight excluding hydrogens is 276 g/mol. The summed E-state index contributed by atoms with van der Waals surface area (Å²) in [6, 6.07) is 3.00. The normalized spacial score (nSPS) is 19.4. The van der Waals surface area contributed by atoms with E-state index in [9.17, 15) is 9.59 Å². The summed E-state index contributed by atoms with van der Waals surface area (Å²) in [5.74, 6) is -0.416. The van der Waals surface area contributed by atoms with E-state index in [4.69, 9.17) is 4.74 Å². The molecule has 1 aliphatic heterocycles. The molecule has 1 aliphatic rings. The van der Waals surface area contributed by atoms with Crippen molar-refractivity contribution in [3.8, 4) is 0 Å².